The van der Waals surface area contributed by atoms with Crippen LogP contribution in [0, 0.1) is 0 Å². The van der Waals surface area contributed by atoms with Crippen LogP contribution in [0.1, 0.15) is 21.7 Å². The molecule has 2 N–H and O–H groups in total. The summed E-state index contributed by atoms with van der Waals surface area (Å²) < 4.78 is 3.43. The monoisotopic (exact) mass is 467 g/mol. The summed E-state index contributed by atoms with van der Waals surface area (Å²) in [6.45, 7) is 0.723. The van der Waals surface area contributed by atoms with Crippen molar-refractivity contribution in [3.8, 4) is 17.3 Å². The summed E-state index contributed by atoms with van der Waals surface area (Å²) in [4.78, 5) is 29.3. The van der Waals surface area contributed by atoms with E-state index in [1.165, 1.54) is 12.7 Å². The van der Waals surface area contributed by atoms with Gasteiger partial charge < -0.3 is 15.2 Å². The largest absolute Gasteiger partial charge is 0.378 e. The molecule has 0 unspecified atom stereocenters. The van der Waals surface area contributed by atoms with Gasteiger partial charge in [-0.3, -0.25) is 4.79 Å². The van der Waals surface area contributed by atoms with Crippen LogP contribution in [0.4, 0.5) is 5.69 Å². The Morgan fingerprint density at radius 2 is 1.91 bits per heavy atom. The van der Waals surface area contributed by atoms with E-state index >= 15 is 0 Å². The molecule has 0 bridgehead atoms. The van der Waals surface area contributed by atoms with Crippen LogP contribution >= 0.6 is 0 Å². The summed E-state index contributed by atoms with van der Waals surface area (Å²) in [5, 5.41) is 18.8. The van der Waals surface area contributed by atoms with E-state index in [1.807, 2.05) is 35.9 Å². The van der Waals surface area contributed by atoms with Crippen molar-refractivity contribution in [3.63, 3.8) is 0 Å². The molecule has 4 heterocycles. The number of hydrogen-bond acceptors (Lipinski definition) is 9. The molecule has 5 aromatic rings. The van der Waals surface area contributed by atoms with E-state index < -0.39 is 0 Å². The average Bonchev–Trinajstić information content (AvgIpc) is 3.57. The number of carbonyl (C=O) groups excluding carboxylic acids is 1. The summed E-state index contributed by atoms with van der Waals surface area (Å²) in [6.07, 6.45) is 7.81. The first-order chi connectivity index (χ1) is 17.2. The lowest BCUT2D eigenvalue weighted by molar-refractivity contribution is 0.0951. The first kappa shape index (κ1) is 21.8. The van der Waals surface area contributed by atoms with E-state index in [4.69, 9.17) is 0 Å². The van der Waals surface area contributed by atoms with Gasteiger partial charge in [0.2, 0.25) is 0 Å². The zero-order valence-electron chi connectivity index (χ0n) is 18.8. The second kappa shape index (κ2) is 9.87. The minimum absolute atomic E-state index is 0.202. The third-order valence-corrected chi connectivity index (χ3v) is 5.29. The van der Waals surface area contributed by atoms with Crippen LogP contribution in [0.25, 0.3) is 17.3 Å². The Labute approximate surface area is 200 Å². The number of benzene rings is 1. The van der Waals surface area contributed by atoms with Crippen molar-refractivity contribution < 1.29 is 4.79 Å². The summed E-state index contributed by atoms with van der Waals surface area (Å²) in [5.74, 6) is 1.79. The van der Waals surface area contributed by atoms with Gasteiger partial charge in [-0.15, -0.1) is 10.2 Å². The number of nitrogens with one attached hydrogen (secondary N) is 2. The molecular weight excluding hydrogens is 446 g/mol. The number of aromatic nitrogens is 9. The van der Waals surface area contributed by atoms with Gasteiger partial charge in [0.25, 0.3) is 5.91 Å². The number of hydrogen-bond donors (Lipinski definition) is 2. The Morgan fingerprint density at radius 1 is 0.971 bits per heavy atom. The van der Waals surface area contributed by atoms with Crippen LogP contribution < -0.4 is 10.6 Å². The van der Waals surface area contributed by atoms with E-state index in [0.717, 1.165) is 17.1 Å². The fourth-order valence-corrected chi connectivity index (χ4v) is 3.48. The molecule has 0 atom stereocenters. The van der Waals surface area contributed by atoms with Gasteiger partial charge in [0.05, 0.1) is 6.54 Å². The molecule has 174 valence electrons. The zero-order chi connectivity index (χ0) is 24.0. The van der Waals surface area contributed by atoms with E-state index in [-0.39, 0.29) is 5.91 Å². The lowest BCUT2D eigenvalue weighted by Gasteiger charge is -2.11. The van der Waals surface area contributed by atoms with Crippen LogP contribution in [0.15, 0.2) is 73.8 Å². The fourth-order valence-electron chi connectivity index (χ4n) is 3.48. The predicted octanol–water partition coefficient (Wildman–Crippen LogP) is 1.79. The number of anilines is 1. The molecule has 0 aliphatic rings. The first-order valence-electron chi connectivity index (χ1n) is 10.7. The van der Waals surface area contributed by atoms with Gasteiger partial charge in [-0.1, -0.05) is 12.1 Å². The van der Waals surface area contributed by atoms with Crippen LogP contribution in [0.5, 0.6) is 0 Å². The highest BCUT2D eigenvalue weighted by molar-refractivity contribution is 5.95. The van der Waals surface area contributed by atoms with Crippen molar-refractivity contribution in [1.29, 1.82) is 0 Å². The van der Waals surface area contributed by atoms with Gasteiger partial charge in [-0.25, -0.2) is 24.6 Å². The second-order valence-corrected chi connectivity index (χ2v) is 7.54. The standard InChI is InChI=1S/C23H21N11O/c1-33-20(31-32-22(33)19-7-9-24-13-29-19)12-27-18-6-2-4-16(10-18)23(35)28-11-17-5-3-8-26-21(17)34-15-25-14-30-34/h2-10,13-15,27H,11-12H2,1H3,(H,28,35). The highest BCUT2D eigenvalue weighted by Gasteiger charge is 2.13. The smallest absolute Gasteiger partial charge is 0.251 e. The van der Waals surface area contributed by atoms with Crippen molar-refractivity contribution in [3.05, 3.63) is 90.8 Å². The molecule has 4 aromatic heterocycles. The topological polar surface area (TPSA) is 141 Å². The maximum atomic E-state index is 12.8. The van der Waals surface area contributed by atoms with E-state index in [9.17, 15) is 4.79 Å². The van der Waals surface area contributed by atoms with Crippen molar-refractivity contribution >= 4 is 11.6 Å². The zero-order valence-corrected chi connectivity index (χ0v) is 18.8. The van der Waals surface area contributed by atoms with Crippen LogP contribution in [-0.2, 0) is 20.1 Å². The minimum atomic E-state index is -0.202. The highest BCUT2D eigenvalue weighted by atomic mass is 16.1. The van der Waals surface area contributed by atoms with Gasteiger partial charge >= 0.3 is 0 Å². The maximum absolute atomic E-state index is 12.8. The van der Waals surface area contributed by atoms with Crippen molar-refractivity contribution in [2.24, 2.45) is 7.05 Å². The molecule has 0 saturated carbocycles. The predicted molar refractivity (Wildman–Crippen MR) is 126 cm³/mol. The molecule has 0 spiro atoms. The molecule has 0 aliphatic heterocycles. The SMILES string of the molecule is Cn1c(CNc2cccc(C(=O)NCc3cccnc3-n3cncn3)c2)nnc1-c1ccncn1. The van der Waals surface area contributed by atoms with Gasteiger partial charge in [-0.2, -0.15) is 5.10 Å². The number of pyridine rings is 1. The van der Waals surface area contributed by atoms with E-state index in [0.29, 0.717) is 36.0 Å². The molecule has 0 saturated heterocycles. The summed E-state index contributed by atoms with van der Waals surface area (Å²) in [5.41, 5.74) is 2.83. The quantitative estimate of drug-likeness (QED) is 0.349. The third kappa shape index (κ3) is 4.85. The number of rotatable bonds is 8. The summed E-state index contributed by atoms with van der Waals surface area (Å²) >= 11 is 0. The van der Waals surface area contributed by atoms with Gasteiger partial charge in [0.1, 0.15) is 24.7 Å². The Kier molecular flexibility index (Phi) is 6.15. The van der Waals surface area contributed by atoms with Crippen molar-refractivity contribution in [2.75, 3.05) is 5.32 Å². The normalized spacial score (nSPS) is 10.8. The van der Waals surface area contributed by atoms with Gasteiger partial charge in [0, 0.05) is 42.8 Å². The van der Waals surface area contributed by atoms with Crippen molar-refractivity contribution in [1.82, 2.24) is 49.8 Å². The second-order valence-electron chi connectivity index (χ2n) is 7.54. The fraction of sp³-hybridized carbons (Fsp3) is 0.130. The molecule has 35 heavy (non-hydrogen) atoms. The molecule has 0 radical (unpaired) electrons. The van der Waals surface area contributed by atoms with Gasteiger partial charge in [0.15, 0.2) is 17.5 Å². The van der Waals surface area contributed by atoms with Crippen LogP contribution in [0.3, 0.4) is 0 Å². The molecule has 12 nitrogen and oxygen atoms in total. The minimum Gasteiger partial charge on any atom is -0.378 e. The Bertz CT molecular complexity index is 1430. The van der Waals surface area contributed by atoms with E-state index in [1.54, 1.807) is 41.6 Å². The molecule has 0 aliphatic carbocycles. The molecule has 12 heteroatoms. The maximum Gasteiger partial charge on any atom is 0.251 e. The lowest BCUT2D eigenvalue weighted by atomic mass is 10.1. The Balaban J connectivity index is 1.23. The number of carbonyl (C=O) groups is 1. The average molecular weight is 467 g/mol. The Morgan fingerprint density at radius 3 is 2.74 bits per heavy atom. The van der Waals surface area contributed by atoms with E-state index in [2.05, 4.69) is 45.9 Å². The summed E-state index contributed by atoms with van der Waals surface area (Å²) in [6, 6.07) is 12.8. The Hall–Kier alpha value is -5.00. The van der Waals surface area contributed by atoms with Crippen LogP contribution in [0.2, 0.25) is 0 Å². The summed E-state index contributed by atoms with van der Waals surface area (Å²) in [7, 11) is 1.88. The van der Waals surface area contributed by atoms with Gasteiger partial charge in [-0.05, 0) is 30.3 Å². The highest BCUT2D eigenvalue weighted by Crippen LogP contribution is 2.16. The lowest BCUT2D eigenvalue weighted by Crippen LogP contribution is -2.24. The molecule has 0 fully saturated rings. The molecular formula is C23H21N11O. The third-order valence-electron chi connectivity index (χ3n) is 5.29. The molecule has 5 rings (SSSR count). The van der Waals surface area contributed by atoms with Crippen molar-refractivity contribution in [2.45, 2.75) is 13.1 Å². The molecule has 1 amide bonds. The molecule has 1 aromatic carbocycles. The first-order valence-corrected chi connectivity index (χ1v) is 10.7. The van der Waals surface area contributed by atoms with Crippen LogP contribution in [-0.4, -0.2) is 50.4 Å². The number of amides is 1. The number of nitrogens with zero attached hydrogens (tertiary/aromatic N) is 9.